The number of pyridine rings is 1. The molecule has 1 aliphatic heterocycles. The standard InChI is InChI=1S/C27H25ClF3N7/c1-26(13-27(30,31)14-26)35-23-16(10-32)11-33-25-20(23)8-18(9-21(25)28)34-24(15-2-4-17(29)5-3-15)22-12-38(37-36-22)19-6-7-19/h2-5,8-9,11-12,19,24,34,36-37H,6-7,13-14H2,1H3,(H,33,35)/t24-/m1/s1/i24D. The third kappa shape index (κ3) is 4.68. The Labute approximate surface area is 224 Å². The zero-order valence-electron chi connectivity index (χ0n) is 21.4. The van der Waals surface area contributed by atoms with Crippen LogP contribution in [0.5, 0.6) is 0 Å². The van der Waals surface area contributed by atoms with Crippen LogP contribution in [0.2, 0.25) is 5.02 Å². The van der Waals surface area contributed by atoms with Crippen molar-refractivity contribution in [1.29, 1.82) is 5.26 Å². The smallest absolute Gasteiger partial charge is 0.252 e. The van der Waals surface area contributed by atoms with E-state index >= 15 is 0 Å². The average molecular weight is 541 g/mol. The monoisotopic (exact) mass is 540 g/mol. The van der Waals surface area contributed by atoms with Crippen molar-refractivity contribution in [3.05, 3.63) is 76.5 Å². The van der Waals surface area contributed by atoms with Gasteiger partial charge in [0.25, 0.3) is 5.92 Å². The van der Waals surface area contributed by atoms with E-state index in [1.54, 1.807) is 19.1 Å². The number of benzene rings is 2. The maximum atomic E-state index is 13.8. The summed E-state index contributed by atoms with van der Waals surface area (Å²) >= 11 is 6.63. The molecule has 7 nitrogen and oxygen atoms in total. The minimum Gasteiger partial charge on any atom is -0.378 e. The highest BCUT2D eigenvalue weighted by Gasteiger charge is 2.54. The third-order valence-corrected chi connectivity index (χ3v) is 7.26. The van der Waals surface area contributed by atoms with Crippen molar-refractivity contribution in [3.63, 3.8) is 0 Å². The fourth-order valence-corrected chi connectivity index (χ4v) is 5.36. The Morgan fingerprint density at radius 2 is 2.00 bits per heavy atom. The van der Waals surface area contributed by atoms with Gasteiger partial charge in [0.2, 0.25) is 0 Å². The van der Waals surface area contributed by atoms with Gasteiger partial charge in [-0.15, -0.1) is 5.53 Å². The number of alkyl halides is 2. The Hall–Kier alpha value is -3.68. The number of hydrogen-bond donors (Lipinski definition) is 4. The van der Waals surface area contributed by atoms with Gasteiger partial charge in [-0.1, -0.05) is 23.7 Å². The Morgan fingerprint density at radius 3 is 2.66 bits per heavy atom. The number of nitrogens with one attached hydrogen (secondary N) is 4. The molecule has 3 aliphatic rings. The SMILES string of the molecule is [2H][C@](Nc1cc(Cl)c2ncc(C#N)c(NC3(C)CC(F)(F)C3)c2c1)(C1=CN(C2CC2)NN1)c1ccc(F)cc1. The molecular formula is C27H25ClF3N7. The molecule has 0 unspecified atom stereocenters. The number of nitrogens with zero attached hydrogens (tertiary/aromatic N) is 3. The van der Waals surface area contributed by atoms with E-state index in [0.717, 1.165) is 12.8 Å². The molecule has 2 aromatic carbocycles. The lowest BCUT2D eigenvalue weighted by Gasteiger charge is -2.46. The summed E-state index contributed by atoms with van der Waals surface area (Å²) in [5.41, 5.74) is 7.49. The molecule has 2 heterocycles. The quantitative estimate of drug-likeness (QED) is 0.293. The van der Waals surface area contributed by atoms with E-state index in [1.165, 1.54) is 30.5 Å². The lowest BCUT2D eigenvalue weighted by atomic mass is 9.74. The van der Waals surface area contributed by atoms with Gasteiger partial charge in [0.15, 0.2) is 0 Å². The zero-order valence-corrected chi connectivity index (χ0v) is 21.1. The van der Waals surface area contributed by atoms with Gasteiger partial charge in [0.05, 0.1) is 34.9 Å². The van der Waals surface area contributed by atoms with Gasteiger partial charge in [0.1, 0.15) is 11.9 Å². The Morgan fingerprint density at radius 1 is 1.26 bits per heavy atom. The molecule has 0 saturated heterocycles. The Kier molecular flexibility index (Phi) is 5.53. The number of halogens is 4. The van der Waals surface area contributed by atoms with E-state index in [0.29, 0.717) is 39.6 Å². The summed E-state index contributed by atoms with van der Waals surface area (Å²) in [5.74, 6) is -3.20. The summed E-state index contributed by atoms with van der Waals surface area (Å²) in [5, 5.41) is 18.7. The van der Waals surface area contributed by atoms with E-state index in [1.807, 2.05) is 11.2 Å². The molecule has 196 valence electrons. The van der Waals surface area contributed by atoms with Crippen molar-refractivity contribution >= 4 is 33.9 Å². The highest BCUT2D eigenvalue weighted by molar-refractivity contribution is 6.35. The second-order valence-electron chi connectivity index (χ2n) is 10.3. The molecule has 11 heteroatoms. The van der Waals surface area contributed by atoms with Gasteiger partial charge in [0, 0.05) is 47.9 Å². The van der Waals surface area contributed by atoms with Crippen LogP contribution in [0, 0.1) is 17.1 Å². The molecule has 2 aliphatic carbocycles. The molecule has 6 rings (SSSR count). The van der Waals surface area contributed by atoms with Crippen LogP contribution in [0.15, 0.2) is 54.5 Å². The Balaban J connectivity index is 1.43. The van der Waals surface area contributed by atoms with Crippen LogP contribution >= 0.6 is 11.6 Å². The number of anilines is 2. The van der Waals surface area contributed by atoms with E-state index in [9.17, 15) is 19.8 Å². The van der Waals surface area contributed by atoms with Crippen molar-refractivity contribution in [2.75, 3.05) is 10.6 Å². The molecule has 38 heavy (non-hydrogen) atoms. The molecule has 2 fully saturated rings. The number of hydrogen-bond acceptors (Lipinski definition) is 7. The van der Waals surface area contributed by atoms with Crippen LogP contribution in [0.3, 0.4) is 0 Å². The van der Waals surface area contributed by atoms with Crippen LogP contribution in [-0.2, 0) is 0 Å². The van der Waals surface area contributed by atoms with Gasteiger partial charge in [-0.25, -0.2) is 13.2 Å². The third-order valence-electron chi connectivity index (χ3n) is 6.97. The van der Waals surface area contributed by atoms with Crippen molar-refractivity contribution in [2.45, 2.75) is 56.1 Å². The first-order valence-electron chi connectivity index (χ1n) is 12.7. The summed E-state index contributed by atoms with van der Waals surface area (Å²) in [4.78, 5) is 4.33. The number of fused-ring (bicyclic) bond motifs is 1. The van der Waals surface area contributed by atoms with Gasteiger partial charge >= 0.3 is 0 Å². The van der Waals surface area contributed by atoms with E-state index in [-0.39, 0.29) is 23.4 Å². The molecule has 4 N–H and O–H groups in total. The van der Waals surface area contributed by atoms with Crippen molar-refractivity contribution in [3.8, 4) is 6.07 Å². The second-order valence-corrected chi connectivity index (χ2v) is 10.7. The molecule has 0 radical (unpaired) electrons. The number of rotatable bonds is 7. The molecule has 3 aromatic rings. The summed E-state index contributed by atoms with van der Waals surface area (Å²) in [6.07, 6.45) is 4.49. The summed E-state index contributed by atoms with van der Waals surface area (Å²) in [7, 11) is 0. The van der Waals surface area contributed by atoms with Gasteiger partial charge in [-0.3, -0.25) is 9.99 Å². The maximum absolute atomic E-state index is 13.8. The second kappa shape index (κ2) is 8.96. The summed E-state index contributed by atoms with van der Waals surface area (Å²) < 4.78 is 50.8. The number of nitriles is 1. The van der Waals surface area contributed by atoms with E-state index in [2.05, 4.69) is 32.6 Å². The van der Waals surface area contributed by atoms with Crippen LogP contribution in [-0.4, -0.2) is 27.5 Å². The highest BCUT2D eigenvalue weighted by Crippen LogP contribution is 2.48. The molecule has 0 amide bonds. The van der Waals surface area contributed by atoms with E-state index < -0.39 is 23.3 Å². The lowest BCUT2D eigenvalue weighted by Crippen LogP contribution is -2.54. The average Bonchev–Trinajstić information content (AvgIpc) is 3.59. The molecule has 1 atom stereocenters. The topological polar surface area (TPSA) is 88.0 Å². The summed E-state index contributed by atoms with van der Waals surface area (Å²) in [6.45, 7) is 1.68. The first kappa shape index (κ1) is 23.4. The molecule has 2 saturated carbocycles. The number of aromatic nitrogens is 1. The molecule has 0 bridgehead atoms. The number of hydrazine groups is 2. The minimum absolute atomic E-state index is 0.187. The van der Waals surface area contributed by atoms with Gasteiger partial charge in [-0.2, -0.15) is 5.26 Å². The molecule has 1 aromatic heterocycles. The van der Waals surface area contributed by atoms with Crippen molar-refractivity contribution < 1.29 is 14.5 Å². The first-order valence-corrected chi connectivity index (χ1v) is 12.6. The maximum Gasteiger partial charge on any atom is 0.252 e. The lowest BCUT2D eigenvalue weighted by molar-refractivity contribution is -0.109. The predicted octanol–water partition coefficient (Wildman–Crippen LogP) is 5.98. The first-order chi connectivity index (χ1) is 18.5. The van der Waals surface area contributed by atoms with Gasteiger partial charge in [-0.05, 0) is 49.6 Å². The highest BCUT2D eigenvalue weighted by atomic mass is 35.5. The van der Waals surface area contributed by atoms with Crippen molar-refractivity contribution in [1.82, 2.24) is 21.0 Å². The van der Waals surface area contributed by atoms with Crippen molar-refractivity contribution in [2.24, 2.45) is 0 Å². The largest absolute Gasteiger partial charge is 0.378 e. The van der Waals surface area contributed by atoms with Crippen LogP contribution < -0.4 is 21.6 Å². The fourth-order valence-electron chi connectivity index (χ4n) is 5.09. The molecular weight excluding hydrogens is 515 g/mol. The van der Waals surface area contributed by atoms with Gasteiger partial charge < -0.3 is 16.1 Å². The van der Waals surface area contributed by atoms with Crippen LogP contribution in [0.1, 0.15) is 51.1 Å². The van der Waals surface area contributed by atoms with E-state index in [4.69, 9.17) is 11.6 Å². The van der Waals surface area contributed by atoms with Crippen LogP contribution in [0.4, 0.5) is 24.5 Å². The minimum atomic E-state index is -2.77. The zero-order chi connectivity index (χ0) is 27.6. The summed E-state index contributed by atoms with van der Waals surface area (Å²) in [6, 6.07) is 9.74. The Bertz CT molecular complexity index is 1530. The molecule has 0 spiro atoms. The van der Waals surface area contributed by atoms with Crippen LogP contribution in [0.25, 0.3) is 10.9 Å². The normalized spacial score (nSPS) is 21.4. The predicted molar refractivity (Wildman–Crippen MR) is 140 cm³/mol. The fraction of sp³-hybridized carbons (Fsp3) is 0.333.